The Kier molecular flexibility index (Phi) is 3.48. The van der Waals surface area contributed by atoms with Gasteiger partial charge in [-0.3, -0.25) is 0 Å². The van der Waals surface area contributed by atoms with E-state index in [1.54, 1.807) is 25.1 Å². The van der Waals surface area contributed by atoms with Gasteiger partial charge in [-0.2, -0.15) is 0 Å². The molecule has 0 fully saturated rings. The van der Waals surface area contributed by atoms with Gasteiger partial charge in [-0.05, 0) is 49.4 Å². The maximum Gasteiger partial charge on any atom is 0.135 e. The Bertz CT molecular complexity index is 809. The van der Waals surface area contributed by atoms with Crippen LogP contribution in [-0.2, 0) is 10.8 Å². The molecule has 5 heteroatoms. The number of hydrogen-bond donors (Lipinski definition) is 0. The van der Waals surface area contributed by atoms with Gasteiger partial charge in [-0.1, -0.05) is 15.9 Å². The quantitative estimate of drug-likeness (QED) is 0.662. The molecule has 3 rings (SSSR count). The van der Waals surface area contributed by atoms with Crippen LogP contribution in [0, 0.1) is 12.7 Å². The Morgan fingerprint density at radius 2 is 1.85 bits per heavy atom. The maximum absolute atomic E-state index is 13.4. The highest BCUT2D eigenvalue weighted by molar-refractivity contribution is 9.10. The standard InChI is InChI=1S/C15H10BrFO2S/c1-9-15(13-8-11(17)4-7-14(13)19-9)20(18)12-5-2-10(16)3-6-12/h2-8H,1H3/t20-/m0/s1. The first-order valence-corrected chi connectivity index (χ1v) is 7.86. The Hall–Kier alpha value is -1.46. The van der Waals surface area contributed by atoms with Crippen molar-refractivity contribution in [3.8, 4) is 0 Å². The summed E-state index contributed by atoms with van der Waals surface area (Å²) >= 11 is 3.34. The average molecular weight is 353 g/mol. The smallest absolute Gasteiger partial charge is 0.135 e. The van der Waals surface area contributed by atoms with Crippen LogP contribution in [0.5, 0.6) is 0 Å². The number of hydrogen-bond acceptors (Lipinski definition) is 2. The van der Waals surface area contributed by atoms with Gasteiger partial charge in [0.2, 0.25) is 0 Å². The van der Waals surface area contributed by atoms with Gasteiger partial charge in [-0.15, -0.1) is 0 Å². The number of halogens is 2. The van der Waals surface area contributed by atoms with Gasteiger partial charge >= 0.3 is 0 Å². The van der Waals surface area contributed by atoms with Gasteiger partial charge in [-0.25, -0.2) is 8.60 Å². The molecule has 0 radical (unpaired) electrons. The Morgan fingerprint density at radius 1 is 1.15 bits per heavy atom. The van der Waals surface area contributed by atoms with Gasteiger partial charge in [0.05, 0.1) is 15.7 Å². The fourth-order valence-corrected chi connectivity index (χ4v) is 3.62. The van der Waals surface area contributed by atoms with Crippen LogP contribution in [0.2, 0.25) is 0 Å². The molecule has 0 saturated heterocycles. The lowest BCUT2D eigenvalue weighted by molar-refractivity contribution is 0.565. The van der Waals surface area contributed by atoms with E-state index in [1.807, 2.05) is 12.1 Å². The van der Waals surface area contributed by atoms with Crippen molar-refractivity contribution in [2.45, 2.75) is 16.7 Å². The van der Waals surface area contributed by atoms with Gasteiger partial charge in [0, 0.05) is 14.8 Å². The number of fused-ring (bicyclic) bond motifs is 1. The maximum atomic E-state index is 13.4. The molecule has 1 aromatic heterocycles. The topological polar surface area (TPSA) is 30.2 Å². The summed E-state index contributed by atoms with van der Waals surface area (Å²) in [4.78, 5) is 1.19. The molecule has 0 saturated carbocycles. The second-order valence-electron chi connectivity index (χ2n) is 4.35. The van der Waals surface area contributed by atoms with E-state index in [4.69, 9.17) is 4.42 Å². The fourth-order valence-electron chi connectivity index (χ4n) is 2.08. The predicted octanol–water partition coefficient (Wildman–Crippen LogP) is 4.81. The predicted molar refractivity (Wildman–Crippen MR) is 79.7 cm³/mol. The zero-order chi connectivity index (χ0) is 14.3. The molecule has 0 aliphatic rings. The lowest BCUT2D eigenvalue weighted by Gasteiger charge is -2.02. The minimum Gasteiger partial charge on any atom is -0.460 e. The highest BCUT2D eigenvalue weighted by Gasteiger charge is 2.18. The molecule has 3 aromatic rings. The van der Waals surface area contributed by atoms with Crippen LogP contribution in [0.3, 0.4) is 0 Å². The monoisotopic (exact) mass is 352 g/mol. The highest BCUT2D eigenvalue weighted by Crippen LogP contribution is 2.32. The van der Waals surface area contributed by atoms with Crippen molar-refractivity contribution >= 4 is 37.7 Å². The molecule has 2 aromatic carbocycles. The van der Waals surface area contributed by atoms with Crippen molar-refractivity contribution in [2.75, 3.05) is 0 Å². The minimum atomic E-state index is -1.40. The minimum absolute atomic E-state index is 0.368. The number of benzene rings is 2. The zero-order valence-electron chi connectivity index (χ0n) is 10.5. The van der Waals surface area contributed by atoms with E-state index < -0.39 is 10.8 Å². The van der Waals surface area contributed by atoms with Gasteiger partial charge < -0.3 is 4.42 Å². The third-order valence-electron chi connectivity index (χ3n) is 2.98. The third kappa shape index (κ3) is 2.31. The van der Waals surface area contributed by atoms with Crippen molar-refractivity contribution in [1.29, 1.82) is 0 Å². The molecule has 0 N–H and O–H groups in total. The third-order valence-corrected chi connectivity index (χ3v) is 5.09. The molecular weight excluding hydrogens is 343 g/mol. The van der Waals surface area contributed by atoms with Crippen LogP contribution < -0.4 is 0 Å². The Balaban J connectivity index is 2.18. The van der Waals surface area contributed by atoms with Gasteiger partial charge in [0.1, 0.15) is 17.2 Å². The van der Waals surface area contributed by atoms with Crippen LogP contribution in [0.4, 0.5) is 4.39 Å². The second-order valence-corrected chi connectivity index (χ2v) is 6.68. The molecule has 1 heterocycles. The molecule has 2 nitrogen and oxygen atoms in total. The Morgan fingerprint density at radius 3 is 2.55 bits per heavy atom. The average Bonchev–Trinajstić information content (AvgIpc) is 2.74. The number of aryl methyl sites for hydroxylation is 1. The largest absolute Gasteiger partial charge is 0.460 e. The first kappa shape index (κ1) is 13.5. The molecule has 1 atom stereocenters. The van der Waals surface area contributed by atoms with E-state index in [1.165, 1.54) is 12.1 Å². The molecule has 20 heavy (non-hydrogen) atoms. The van der Waals surface area contributed by atoms with E-state index in [9.17, 15) is 8.60 Å². The molecule has 0 aliphatic heterocycles. The lowest BCUT2D eigenvalue weighted by Crippen LogP contribution is -1.93. The fraction of sp³-hybridized carbons (Fsp3) is 0.0667. The van der Waals surface area contributed by atoms with E-state index in [-0.39, 0.29) is 5.82 Å². The van der Waals surface area contributed by atoms with Crippen molar-refractivity contribution in [3.63, 3.8) is 0 Å². The molecule has 0 aliphatic carbocycles. The van der Waals surface area contributed by atoms with Crippen molar-refractivity contribution in [2.24, 2.45) is 0 Å². The summed E-state index contributed by atoms with van der Waals surface area (Å²) in [7, 11) is -1.40. The summed E-state index contributed by atoms with van der Waals surface area (Å²) in [5, 5.41) is 0.559. The van der Waals surface area contributed by atoms with Crippen LogP contribution >= 0.6 is 15.9 Å². The van der Waals surface area contributed by atoms with Crippen molar-refractivity contribution in [3.05, 3.63) is 58.5 Å². The molecule has 102 valence electrons. The first-order chi connectivity index (χ1) is 9.56. The molecule has 0 unspecified atom stereocenters. The lowest BCUT2D eigenvalue weighted by atomic mass is 10.2. The number of rotatable bonds is 2. The summed E-state index contributed by atoms with van der Waals surface area (Å²) in [5.41, 5.74) is 0.546. The van der Waals surface area contributed by atoms with E-state index >= 15 is 0 Å². The summed E-state index contributed by atoms with van der Waals surface area (Å²) < 4.78 is 32.5. The van der Waals surface area contributed by atoms with Gasteiger partial charge in [0.25, 0.3) is 0 Å². The summed E-state index contributed by atoms with van der Waals surface area (Å²) in [6.07, 6.45) is 0. The van der Waals surface area contributed by atoms with Crippen LogP contribution in [0.15, 0.2) is 61.1 Å². The van der Waals surface area contributed by atoms with E-state index in [2.05, 4.69) is 15.9 Å². The van der Waals surface area contributed by atoms with Crippen LogP contribution in [-0.4, -0.2) is 4.21 Å². The van der Waals surface area contributed by atoms with Crippen LogP contribution in [0.1, 0.15) is 5.76 Å². The zero-order valence-corrected chi connectivity index (χ0v) is 12.9. The van der Waals surface area contributed by atoms with E-state index in [0.717, 1.165) is 4.47 Å². The second kappa shape index (κ2) is 5.14. The van der Waals surface area contributed by atoms with Crippen molar-refractivity contribution in [1.82, 2.24) is 0 Å². The Labute approximate surface area is 126 Å². The first-order valence-electron chi connectivity index (χ1n) is 5.92. The van der Waals surface area contributed by atoms with Gasteiger partial charge in [0.15, 0.2) is 0 Å². The normalized spacial score (nSPS) is 12.8. The molecule has 0 bridgehead atoms. The van der Waals surface area contributed by atoms with E-state index in [0.29, 0.717) is 26.5 Å². The highest BCUT2D eigenvalue weighted by atomic mass is 79.9. The molecular formula is C15H10BrFO2S. The number of furan rings is 1. The molecule has 0 spiro atoms. The SMILES string of the molecule is Cc1oc2ccc(F)cc2c1[S@@](=O)c1ccc(Br)cc1. The summed E-state index contributed by atoms with van der Waals surface area (Å²) in [6, 6.07) is 11.4. The summed E-state index contributed by atoms with van der Waals surface area (Å²) in [5.74, 6) is 0.180. The van der Waals surface area contributed by atoms with Crippen molar-refractivity contribution < 1.29 is 13.0 Å². The molecule has 0 amide bonds. The summed E-state index contributed by atoms with van der Waals surface area (Å²) in [6.45, 7) is 1.74. The van der Waals surface area contributed by atoms with Crippen LogP contribution in [0.25, 0.3) is 11.0 Å².